The second-order valence-electron chi connectivity index (χ2n) is 2.86. The number of rotatable bonds is 4. The van der Waals surface area contributed by atoms with Gasteiger partial charge >= 0.3 is 0 Å². The van der Waals surface area contributed by atoms with Crippen LogP contribution in [0.4, 0.5) is 0 Å². The van der Waals surface area contributed by atoms with Crippen LogP contribution in [0.1, 0.15) is 19.3 Å². The second kappa shape index (κ2) is 6.19. The molecule has 0 aromatic rings. The van der Waals surface area contributed by atoms with Crippen LogP contribution in [0.2, 0.25) is 0 Å². The van der Waals surface area contributed by atoms with Gasteiger partial charge in [-0.05, 0) is 19.3 Å². The van der Waals surface area contributed by atoms with Crippen molar-refractivity contribution in [1.82, 2.24) is 0 Å². The Balaban J connectivity index is 2.18. The van der Waals surface area contributed by atoms with Gasteiger partial charge in [0.2, 0.25) is 0 Å². The molecular weight excluding hydrogens is 243 g/mol. The van der Waals surface area contributed by atoms with Crippen LogP contribution in [0.3, 0.4) is 0 Å². The van der Waals surface area contributed by atoms with E-state index in [1.807, 2.05) is 0 Å². The van der Waals surface area contributed by atoms with E-state index in [1.54, 1.807) is 0 Å². The van der Waals surface area contributed by atoms with Crippen LogP contribution in [-0.4, -0.2) is 30.2 Å². The van der Waals surface area contributed by atoms with Crippen molar-refractivity contribution in [3.63, 3.8) is 0 Å². The molecule has 0 spiro atoms. The molecule has 4 heteroatoms. The highest BCUT2D eigenvalue weighted by Crippen LogP contribution is 2.16. The summed E-state index contributed by atoms with van der Waals surface area (Å²) < 4.78 is 11.0. The summed E-state index contributed by atoms with van der Waals surface area (Å²) in [5.74, 6) is 0.519. The highest BCUT2D eigenvalue weighted by Gasteiger charge is 2.18. The van der Waals surface area contributed by atoms with Gasteiger partial charge in [-0.3, -0.25) is 0 Å². The average molecular weight is 258 g/mol. The Kier molecular flexibility index (Phi) is 5.56. The van der Waals surface area contributed by atoms with Gasteiger partial charge in [0.25, 0.3) is 0 Å². The van der Waals surface area contributed by atoms with Crippen LogP contribution < -0.4 is 0 Å². The highest BCUT2D eigenvalue weighted by atomic mass is 79.9. The standard InChI is InChI=1S/C8H14BrClO2/c9-5-7(6-10)12-8-3-1-2-4-11-8/h7-8H,1-6H2. The van der Waals surface area contributed by atoms with Crippen molar-refractivity contribution in [2.75, 3.05) is 17.8 Å². The molecule has 0 aromatic heterocycles. The van der Waals surface area contributed by atoms with E-state index >= 15 is 0 Å². The van der Waals surface area contributed by atoms with E-state index in [1.165, 1.54) is 6.42 Å². The largest absolute Gasteiger partial charge is 0.353 e. The van der Waals surface area contributed by atoms with Crippen LogP contribution in [0.5, 0.6) is 0 Å². The molecule has 0 saturated carbocycles. The van der Waals surface area contributed by atoms with E-state index in [0.717, 1.165) is 24.8 Å². The number of ether oxygens (including phenoxy) is 2. The molecule has 0 aromatic carbocycles. The van der Waals surface area contributed by atoms with E-state index in [4.69, 9.17) is 21.1 Å². The normalized spacial score (nSPS) is 27.0. The molecule has 1 aliphatic heterocycles. The number of hydrogen-bond acceptors (Lipinski definition) is 2. The predicted octanol–water partition coefficient (Wildman–Crippen LogP) is 2.53. The zero-order valence-electron chi connectivity index (χ0n) is 6.97. The van der Waals surface area contributed by atoms with Gasteiger partial charge in [-0.2, -0.15) is 0 Å². The Bertz CT molecular complexity index is 114. The molecule has 1 heterocycles. The van der Waals surface area contributed by atoms with Crippen molar-refractivity contribution in [2.24, 2.45) is 0 Å². The number of hydrogen-bond donors (Lipinski definition) is 0. The maximum absolute atomic E-state index is 5.68. The van der Waals surface area contributed by atoms with Crippen molar-refractivity contribution in [3.05, 3.63) is 0 Å². The van der Waals surface area contributed by atoms with Crippen molar-refractivity contribution >= 4 is 27.5 Å². The minimum absolute atomic E-state index is 0.0277. The molecule has 2 unspecified atom stereocenters. The first-order valence-corrected chi connectivity index (χ1v) is 5.91. The van der Waals surface area contributed by atoms with Gasteiger partial charge < -0.3 is 9.47 Å². The monoisotopic (exact) mass is 256 g/mol. The zero-order chi connectivity index (χ0) is 8.81. The molecule has 12 heavy (non-hydrogen) atoms. The van der Waals surface area contributed by atoms with Crippen molar-refractivity contribution in [2.45, 2.75) is 31.7 Å². The Hall–Kier alpha value is 0.690. The number of halogens is 2. The molecular formula is C8H14BrClO2. The summed E-state index contributed by atoms with van der Waals surface area (Å²) in [5, 5.41) is 0.774. The molecule has 0 N–H and O–H groups in total. The quantitative estimate of drug-likeness (QED) is 0.721. The molecule has 2 atom stereocenters. The van der Waals surface area contributed by atoms with Gasteiger partial charge in [-0.1, -0.05) is 15.9 Å². The van der Waals surface area contributed by atoms with Gasteiger partial charge in [0.15, 0.2) is 6.29 Å². The van der Waals surface area contributed by atoms with Crippen LogP contribution in [0.15, 0.2) is 0 Å². The van der Waals surface area contributed by atoms with Crippen LogP contribution in [0.25, 0.3) is 0 Å². The third kappa shape index (κ3) is 3.60. The highest BCUT2D eigenvalue weighted by molar-refractivity contribution is 9.09. The van der Waals surface area contributed by atoms with Crippen LogP contribution in [0, 0.1) is 0 Å². The Morgan fingerprint density at radius 1 is 1.58 bits per heavy atom. The third-order valence-corrected chi connectivity index (χ3v) is 2.89. The molecule has 1 fully saturated rings. The minimum atomic E-state index is -0.0277. The maximum atomic E-state index is 5.68. The summed E-state index contributed by atoms with van der Waals surface area (Å²) in [6.45, 7) is 0.821. The summed E-state index contributed by atoms with van der Waals surface area (Å²) in [4.78, 5) is 0. The summed E-state index contributed by atoms with van der Waals surface area (Å²) >= 11 is 9.01. The molecule has 1 aliphatic rings. The lowest BCUT2D eigenvalue weighted by Crippen LogP contribution is -2.29. The SMILES string of the molecule is ClCC(CBr)OC1CCCCO1. The van der Waals surface area contributed by atoms with Gasteiger partial charge in [-0.15, -0.1) is 11.6 Å². The Morgan fingerprint density at radius 2 is 2.42 bits per heavy atom. The van der Waals surface area contributed by atoms with Gasteiger partial charge in [0.05, 0.1) is 6.10 Å². The summed E-state index contributed by atoms with van der Waals surface area (Å²) in [5.41, 5.74) is 0. The number of alkyl halides is 2. The van der Waals surface area contributed by atoms with E-state index in [0.29, 0.717) is 5.88 Å². The topological polar surface area (TPSA) is 18.5 Å². The summed E-state index contributed by atoms with van der Waals surface area (Å²) in [7, 11) is 0. The Morgan fingerprint density at radius 3 is 2.92 bits per heavy atom. The molecule has 2 nitrogen and oxygen atoms in total. The lowest BCUT2D eigenvalue weighted by atomic mass is 10.2. The van der Waals surface area contributed by atoms with Gasteiger partial charge in [-0.25, -0.2) is 0 Å². The molecule has 0 amide bonds. The third-order valence-electron chi connectivity index (χ3n) is 1.83. The van der Waals surface area contributed by atoms with E-state index < -0.39 is 0 Å². The zero-order valence-corrected chi connectivity index (χ0v) is 9.31. The predicted molar refractivity (Wildman–Crippen MR) is 53.0 cm³/mol. The fraction of sp³-hybridized carbons (Fsp3) is 1.00. The average Bonchev–Trinajstić information content (AvgIpc) is 2.16. The molecule has 0 aliphatic carbocycles. The van der Waals surface area contributed by atoms with E-state index in [2.05, 4.69) is 15.9 Å². The molecule has 0 radical (unpaired) electrons. The summed E-state index contributed by atoms with van der Waals surface area (Å²) in [6.07, 6.45) is 3.40. The van der Waals surface area contributed by atoms with Crippen LogP contribution in [-0.2, 0) is 9.47 Å². The van der Waals surface area contributed by atoms with Crippen molar-refractivity contribution < 1.29 is 9.47 Å². The first-order chi connectivity index (χ1) is 5.86. The first-order valence-electron chi connectivity index (χ1n) is 4.26. The van der Waals surface area contributed by atoms with Gasteiger partial charge in [0, 0.05) is 17.8 Å². The molecule has 0 bridgehead atoms. The maximum Gasteiger partial charge on any atom is 0.158 e. The lowest BCUT2D eigenvalue weighted by Gasteiger charge is -2.25. The lowest BCUT2D eigenvalue weighted by molar-refractivity contribution is -0.178. The van der Waals surface area contributed by atoms with Crippen molar-refractivity contribution in [3.8, 4) is 0 Å². The smallest absolute Gasteiger partial charge is 0.158 e. The molecule has 72 valence electrons. The summed E-state index contributed by atoms with van der Waals surface area (Å²) in [6, 6.07) is 0. The van der Waals surface area contributed by atoms with Crippen LogP contribution >= 0.6 is 27.5 Å². The van der Waals surface area contributed by atoms with Crippen molar-refractivity contribution in [1.29, 1.82) is 0 Å². The van der Waals surface area contributed by atoms with E-state index in [9.17, 15) is 0 Å². The Labute approximate surface area is 86.7 Å². The van der Waals surface area contributed by atoms with E-state index in [-0.39, 0.29) is 12.4 Å². The molecule has 1 saturated heterocycles. The minimum Gasteiger partial charge on any atom is -0.353 e. The fourth-order valence-electron chi connectivity index (χ4n) is 1.15. The molecule has 1 rings (SSSR count). The fourth-order valence-corrected chi connectivity index (χ4v) is 1.97. The van der Waals surface area contributed by atoms with Gasteiger partial charge in [0.1, 0.15) is 0 Å². The first kappa shape index (κ1) is 10.8. The second-order valence-corrected chi connectivity index (χ2v) is 3.82.